The van der Waals surface area contributed by atoms with Gasteiger partial charge in [-0.1, -0.05) is 18.2 Å². The van der Waals surface area contributed by atoms with Crippen molar-refractivity contribution >= 4 is 35.8 Å². The predicted octanol–water partition coefficient (Wildman–Crippen LogP) is 4.06. The SMILES string of the molecule is CCN(CC)c1ccc(CNC(=NC)NCC(c2cccc(OC)c2)N2CCCC2)cn1.I. The lowest BCUT2D eigenvalue weighted by Crippen LogP contribution is -2.42. The number of nitrogens with one attached hydrogen (secondary N) is 2. The number of guanidine groups is 1. The minimum absolute atomic E-state index is 0. The molecule has 0 bridgehead atoms. The summed E-state index contributed by atoms with van der Waals surface area (Å²) in [5.41, 5.74) is 2.40. The van der Waals surface area contributed by atoms with Crippen molar-refractivity contribution in [3.05, 3.63) is 53.7 Å². The van der Waals surface area contributed by atoms with E-state index < -0.39 is 0 Å². The molecule has 33 heavy (non-hydrogen) atoms. The van der Waals surface area contributed by atoms with Gasteiger partial charge in [0.25, 0.3) is 0 Å². The second kappa shape index (κ2) is 14.2. The lowest BCUT2D eigenvalue weighted by Gasteiger charge is -2.29. The molecule has 0 aliphatic carbocycles. The lowest BCUT2D eigenvalue weighted by atomic mass is 10.1. The van der Waals surface area contributed by atoms with E-state index in [1.54, 1.807) is 7.11 Å². The van der Waals surface area contributed by atoms with Crippen molar-refractivity contribution in [1.29, 1.82) is 0 Å². The number of likely N-dealkylation sites (tertiary alicyclic amines) is 1. The normalized spacial score (nSPS) is 15.0. The Morgan fingerprint density at radius 3 is 2.52 bits per heavy atom. The molecule has 0 saturated carbocycles. The molecule has 0 amide bonds. The third-order valence-corrected chi connectivity index (χ3v) is 6.10. The van der Waals surface area contributed by atoms with Gasteiger partial charge in [0.15, 0.2) is 5.96 Å². The fraction of sp³-hybridized carbons (Fsp3) is 0.520. The van der Waals surface area contributed by atoms with E-state index in [0.29, 0.717) is 6.54 Å². The largest absolute Gasteiger partial charge is 0.497 e. The Morgan fingerprint density at radius 1 is 1.15 bits per heavy atom. The Labute approximate surface area is 216 Å². The Morgan fingerprint density at radius 2 is 1.91 bits per heavy atom. The smallest absolute Gasteiger partial charge is 0.191 e. The number of methoxy groups -OCH3 is 1. The van der Waals surface area contributed by atoms with Crippen molar-refractivity contribution in [2.24, 2.45) is 4.99 Å². The maximum absolute atomic E-state index is 5.46. The lowest BCUT2D eigenvalue weighted by molar-refractivity contribution is 0.245. The molecule has 1 aromatic heterocycles. The Kier molecular flexibility index (Phi) is 11.7. The van der Waals surface area contributed by atoms with E-state index in [4.69, 9.17) is 4.74 Å². The van der Waals surface area contributed by atoms with E-state index in [0.717, 1.165) is 55.8 Å². The van der Waals surface area contributed by atoms with E-state index in [2.05, 4.69) is 74.6 Å². The number of anilines is 1. The summed E-state index contributed by atoms with van der Waals surface area (Å²) in [5, 5.41) is 6.95. The number of halogens is 1. The molecular weight excluding hydrogens is 527 g/mol. The highest BCUT2D eigenvalue weighted by atomic mass is 127. The Hall–Kier alpha value is -2.07. The summed E-state index contributed by atoms with van der Waals surface area (Å²) in [7, 11) is 3.53. The van der Waals surface area contributed by atoms with E-state index in [-0.39, 0.29) is 30.0 Å². The second-order valence-electron chi connectivity index (χ2n) is 8.04. The van der Waals surface area contributed by atoms with Gasteiger partial charge in [0, 0.05) is 39.4 Å². The molecule has 3 rings (SSSR count). The van der Waals surface area contributed by atoms with Gasteiger partial charge in [0.05, 0.1) is 13.2 Å². The highest BCUT2D eigenvalue weighted by molar-refractivity contribution is 14.0. The average molecular weight is 567 g/mol. The number of hydrogen-bond acceptors (Lipinski definition) is 5. The van der Waals surface area contributed by atoms with Crippen molar-refractivity contribution in [3.63, 3.8) is 0 Å². The Balaban J connectivity index is 0.00000385. The average Bonchev–Trinajstić information content (AvgIpc) is 3.37. The number of aromatic nitrogens is 1. The first kappa shape index (κ1) is 27.2. The topological polar surface area (TPSA) is 65.0 Å². The van der Waals surface area contributed by atoms with Gasteiger partial charge in [-0.2, -0.15) is 0 Å². The van der Waals surface area contributed by atoms with Crippen molar-refractivity contribution < 1.29 is 4.74 Å². The maximum atomic E-state index is 5.46. The number of aliphatic imine (C=N–C) groups is 1. The fourth-order valence-corrected chi connectivity index (χ4v) is 4.22. The van der Waals surface area contributed by atoms with Crippen LogP contribution in [0.4, 0.5) is 5.82 Å². The molecule has 1 saturated heterocycles. The third kappa shape index (κ3) is 7.74. The summed E-state index contributed by atoms with van der Waals surface area (Å²) in [6, 6.07) is 12.9. The molecule has 2 heterocycles. The molecule has 182 valence electrons. The van der Waals surface area contributed by atoms with Gasteiger partial charge >= 0.3 is 0 Å². The first-order chi connectivity index (χ1) is 15.7. The van der Waals surface area contributed by atoms with E-state index >= 15 is 0 Å². The Bertz CT molecular complexity index is 850. The molecule has 0 spiro atoms. The van der Waals surface area contributed by atoms with Crippen LogP contribution in [-0.2, 0) is 6.54 Å². The van der Waals surface area contributed by atoms with Gasteiger partial charge in [-0.3, -0.25) is 9.89 Å². The van der Waals surface area contributed by atoms with E-state index in [9.17, 15) is 0 Å². The standard InChI is InChI=1S/C25H38N6O.HI/c1-5-30(6-2)24-13-12-20(17-27-24)18-28-25(26-3)29-19-23(31-14-7-8-15-31)21-10-9-11-22(16-21)32-4;/h9-13,16-17,23H,5-8,14-15,18-19H2,1-4H3,(H2,26,28,29);1H. The van der Waals surface area contributed by atoms with Gasteiger partial charge in [0.1, 0.15) is 11.6 Å². The third-order valence-electron chi connectivity index (χ3n) is 6.10. The highest BCUT2D eigenvalue weighted by Crippen LogP contribution is 2.27. The van der Waals surface area contributed by atoms with Crippen LogP contribution >= 0.6 is 24.0 Å². The summed E-state index contributed by atoms with van der Waals surface area (Å²) in [5.74, 6) is 2.72. The molecule has 1 aliphatic heterocycles. The predicted molar refractivity (Wildman–Crippen MR) is 148 cm³/mol. The van der Waals surface area contributed by atoms with Crippen LogP contribution in [0.5, 0.6) is 5.75 Å². The first-order valence-electron chi connectivity index (χ1n) is 11.7. The van der Waals surface area contributed by atoms with Crippen LogP contribution in [0.15, 0.2) is 47.6 Å². The number of hydrogen-bond donors (Lipinski definition) is 2. The summed E-state index contributed by atoms with van der Waals surface area (Å²) < 4.78 is 5.46. The van der Waals surface area contributed by atoms with Crippen LogP contribution in [0.25, 0.3) is 0 Å². The molecule has 2 N–H and O–H groups in total. The molecule has 1 fully saturated rings. The molecular formula is C25H39IN6O. The van der Waals surface area contributed by atoms with Gasteiger partial charge in [0.2, 0.25) is 0 Å². The van der Waals surface area contributed by atoms with Gasteiger partial charge in [-0.25, -0.2) is 4.98 Å². The number of nitrogens with zero attached hydrogens (tertiary/aromatic N) is 4. The minimum Gasteiger partial charge on any atom is -0.497 e. The summed E-state index contributed by atoms with van der Waals surface area (Å²) in [6.45, 7) is 9.94. The summed E-state index contributed by atoms with van der Waals surface area (Å²) >= 11 is 0. The highest BCUT2D eigenvalue weighted by Gasteiger charge is 2.24. The van der Waals surface area contributed by atoms with Crippen LogP contribution in [0.2, 0.25) is 0 Å². The number of ether oxygens (including phenoxy) is 1. The van der Waals surface area contributed by atoms with E-state index in [1.165, 1.54) is 18.4 Å². The monoisotopic (exact) mass is 566 g/mol. The van der Waals surface area contributed by atoms with Gasteiger partial charge in [-0.05, 0) is 69.1 Å². The van der Waals surface area contributed by atoms with Gasteiger partial charge < -0.3 is 20.3 Å². The number of pyridine rings is 1. The van der Waals surface area contributed by atoms with Crippen molar-refractivity contribution in [3.8, 4) is 5.75 Å². The molecule has 8 heteroatoms. The van der Waals surface area contributed by atoms with Crippen molar-refractivity contribution in [2.45, 2.75) is 39.3 Å². The zero-order valence-corrected chi connectivity index (χ0v) is 22.7. The molecule has 1 atom stereocenters. The second-order valence-corrected chi connectivity index (χ2v) is 8.04. The molecule has 1 unspecified atom stereocenters. The first-order valence-corrected chi connectivity index (χ1v) is 11.7. The van der Waals surface area contributed by atoms with Crippen LogP contribution in [0.1, 0.15) is 43.9 Å². The quantitative estimate of drug-likeness (QED) is 0.257. The van der Waals surface area contributed by atoms with Crippen LogP contribution in [0, 0.1) is 0 Å². The molecule has 2 aromatic rings. The van der Waals surface area contributed by atoms with Crippen molar-refractivity contribution in [2.75, 3.05) is 51.8 Å². The fourth-order valence-electron chi connectivity index (χ4n) is 4.22. The summed E-state index contributed by atoms with van der Waals surface area (Å²) in [4.78, 5) is 13.8. The minimum atomic E-state index is 0. The zero-order chi connectivity index (χ0) is 22.8. The molecule has 0 radical (unpaired) electrons. The number of benzene rings is 1. The number of rotatable bonds is 10. The van der Waals surface area contributed by atoms with E-state index in [1.807, 2.05) is 19.3 Å². The van der Waals surface area contributed by atoms with Crippen LogP contribution in [0.3, 0.4) is 0 Å². The van der Waals surface area contributed by atoms with Crippen LogP contribution < -0.4 is 20.3 Å². The van der Waals surface area contributed by atoms with Gasteiger partial charge in [-0.15, -0.1) is 24.0 Å². The van der Waals surface area contributed by atoms with Crippen molar-refractivity contribution in [1.82, 2.24) is 20.5 Å². The molecule has 7 nitrogen and oxygen atoms in total. The maximum Gasteiger partial charge on any atom is 0.191 e. The molecule has 1 aliphatic rings. The van der Waals surface area contributed by atoms with Crippen LogP contribution in [-0.4, -0.2) is 62.7 Å². The summed E-state index contributed by atoms with van der Waals surface area (Å²) in [6.07, 6.45) is 4.45. The zero-order valence-electron chi connectivity index (χ0n) is 20.4. The molecule has 1 aromatic carbocycles.